The highest BCUT2D eigenvalue weighted by Gasteiger charge is 2.15. The zero-order valence-corrected chi connectivity index (χ0v) is 12.2. The number of aliphatic hydroxyl groups excluding tert-OH is 1. The Morgan fingerprint density at radius 1 is 1.19 bits per heavy atom. The summed E-state index contributed by atoms with van der Waals surface area (Å²) < 4.78 is 9.95. The minimum atomic E-state index is -0.374. The summed E-state index contributed by atoms with van der Waals surface area (Å²) in [6, 6.07) is 9.03. The summed E-state index contributed by atoms with van der Waals surface area (Å²) in [5.41, 5.74) is 0. The Bertz CT molecular complexity index is 435. The molecular weight excluding hydrogens is 274 g/mol. The van der Waals surface area contributed by atoms with Crippen LogP contribution in [0, 0.1) is 0 Å². The van der Waals surface area contributed by atoms with Gasteiger partial charge in [-0.25, -0.2) is 0 Å². The number of carbonyl (C=O) groups is 2. The summed E-state index contributed by atoms with van der Waals surface area (Å²) in [5.74, 6) is 0.0120. The first-order chi connectivity index (χ1) is 10.2. The van der Waals surface area contributed by atoms with Gasteiger partial charge in [0, 0.05) is 19.7 Å². The second kappa shape index (κ2) is 9.77. The number of amides is 1. The molecule has 0 atom stereocenters. The third kappa shape index (κ3) is 6.76. The molecule has 0 fully saturated rings. The van der Waals surface area contributed by atoms with E-state index in [9.17, 15) is 9.59 Å². The van der Waals surface area contributed by atoms with Crippen molar-refractivity contribution in [3.63, 3.8) is 0 Å². The minimum absolute atomic E-state index is 0.0124. The molecule has 21 heavy (non-hydrogen) atoms. The summed E-state index contributed by atoms with van der Waals surface area (Å²) in [4.78, 5) is 24.7. The van der Waals surface area contributed by atoms with Gasteiger partial charge >= 0.3 is 5.97 Å². The lowest BCUT2D eigenvalue weighted by molar-refractivity contribution is -0.142. The van der Waals surface area contributed by atoms with E-state index in [2.05, 4.69) is 4.74 Å². The number of carbonyl (C=O) groups excluding carboxylic acids is 2. The molecule has 6 nitrogen and oxygen atoms in total. The van der Waals surface area contributed by atoms with E-state index in [-0.39, 0.29) is 38.1 Å². The lowest BCUT2D eigenvalue weighted by atomic mass is 10.3. The van der Waals surface area contributed by atoms with E-state index >= 15 is 0 Å². The van der Waals surface area contributed by atoms with Crippen LogP contribution in [-0.2, 0) is 14.3 Å². The zero-order chi connectivity index (χ0) is 15.5. The molecular formula is C15H21NO5. The number of ether oxygens (including phenoxy) is 2. The number of esters is 1. The van der Waals surface area contributed by atoms with Crippen LogP contribution >= 0.6 is 0 Å². The molecule has 1 aromatic carbocycles. The molecule has 0 unspecified atom stereocenters. The Hall–Kier alpha value is -2.08. The number of rotatable bonds is 9. The maximum absolute atomic E-state index is 12.1. The quantitative estimate of drug-likeness (QED) is 0.683. The van der Waals surface area contributed by atoms with Crippen LogP contribution in [0.25, 0.3) is 0 Å². The van der Waals surface area contributed by atoms with Crippen molar-refractivity contribution >= 4 is 11.9 Å². The third-order valence-corrected chi connectivity index (χ3v) is 2.86. The summed E-state index contributed by atoms with van der Waals surface area (Å²) in [6.07, 6.45) is 0.581. The van der Waals surface area contributed by atoms with Gasteiger partial charge in [-0.2, -0.15) is 0 Å². The molecule has 1 N–H and O–H groups in total. The van der Waals surface area contributed by atoms with Gasteiger partial charge in [-0.1, -0.05) is 18.2 Å². The van der Waals surface area contributed by atoms with Crippen LogP contribution in [0.5, 0.6) is 5.75 Å². The van der Waals surface area contributed by atoms with Gasteiger partial charge in [-0.3, -0.25) is 9.59 Å². The van der Waals surface area contributed by atoms with Crippen molar-refractivity contribution in [2.45, 2.75) is 12.8 Å². The number of nitrogens with zero attached hydrogens (tertiary/aromatic N) is 1. The van der Waals surface area contributed by atoms with Crippen LogP contribution in [0.1, 0.15) is 12.8 Å². The average molecular weight is 295 g/mol. The molecule has 6 heteroatoms. The normalized spacial score (nSPS) is 10.0. The molecule has 0 aromatic heterocycles. The average Bonchev–Trinajstić information content (AvgIpc) is 2.53. The Morgan fingerprint density at radius 3 is 2.52 bits per heavy atom. The standard InChI is InChI=1S/C15H21NO5/c1-20-15(19)8-10-16(9-5-11-17)14(18)12-21-13-6-3-2-4-7-13/h2-4,6-7,17H,5,8-12H2,1H3. The van der Waals surface area contributed by atoms with Crippen LogP contribution in [0.4, 0.5) is 0 Å². The van der Waals surface area contributed by atoms with Gasteiger partial charge < -0.3 is 19.5 Å². The van der Waals surface area contributed by atoms with Crippen LogP contribution < -0.4 is 4.74 Å². The molecule has 0 saturated heterocycles. The second-order valence-corrected chi connectivity index (χ2v) is 4.39. The Labute approximate surface area is 124 Å². The molecule has 0 saturated carbocycles. The first-order valence-corrected chi connectivity index (χ1v) is 6.80. The number of hydrogen-bond donors (Lipinski definition) is 1. The largest absolute Gasteiger partial charge is 0.484 e. The van der Waals surface area contributed by atoms with E-state index in [0.717, 1.165) is 0 Å². The molecule has 1 aromatic rings. The molecule has 0 aliphatic heterocycles. The Balaban J connectivity index is 2.47. The fourth-order valence-electron chi connectivity index (χ4n) is 1.70. The van der Waals surface area contributed by atoms with Crippen molar-refractivity contribution in [3.8, 4) is 5.75 Å². The number of aliphatic hydroxyl groups is 1. The predicted molar refractivity (Wildman–Crippen MR) is 76.9 cm³/mol. The van der Waals surface area contributed by atoms with E-state index in [0.29, 0.717) is 18.7 Å². The summed E-state index contributed by atoms with van der Waals surface area (Å²) in [7, 11) is 1.31. The Kier molecular flexibility index (Phi) is 7.89. The maximum Gasteiger partial charge on any atom is 0.307 e. The van der Waals surface area contributed by atoms with Gasteiger partial charge in [0.15, 0.2) is 6.61 Å². The lowest BCUT2D eigenvalue weighted by Crippen LogP contribution is -2.37. The molecule has 1 amide bonds. The number of methoxy groups -OCH3 is 1. The molecule has 0 aliphatic rings. The highest BCUT2D eigenvalue weighted by molar-refractivity contribution is 5.78. The van der Waals surface area contributed by atoms with Gasteiger partial charge in [0.05, 0.1) is 13.5 Å². The highest BCUT2D eigenvalue weighted by Crippen LogP contribution is 2.08. The van der Waals surface area contributed by atoms with Crippen molar-refractivity contribution in [2.24, 2.45) is 0 Å². The van der Waals surface area contributed by atoms with Crippen LogP contribution in [0.3, 0.4) is 0 Å². The van der Waals surface area contributed by atoms with Crippen LogP contribution in [0.15, 0.2) is 30.3 Å². The SMILES string of the molecule is COC(=O)CCN(CCCO)C(=O)COc1ccccc1. The fourth-order valence-corrected chi connectivity index (χ4v) is 1.70. The predicted octanol–water partition coefficient (Wildman–Crippen LogP) is 0.839. The van der Waals surface area contributed by atoms with Gasteiger partial charge in [0.25, 0.3) is 5.91 Å². The molecule has 116 valence electrons. The number of para-hydroxylation sites is 1. The highest BCUT2D eigenvalue weighted by atomic mass is 16.5. The van der Waals surface area contributed by atoms with Gasteiger partial charge in [-0.15, -0.1) is 0 Å². The third-order valence-electron chi connectivity index (χ3n) is 2.86. The fraction of sp³-hybridized carbons (Fsp3) is 0.467. The van der Waals surface area contributed by atoms with Crippen LogP contribution in [0.2, 0.25) is 0 Å². The van der Waals surface area contributed by atoms with Crippen molar-refractivity contribution in [3.05, 3.63) is 30.3 Å². The maximum atomic E-state index is 12.1. The van der Waals surface area contributed by atoms with E-state index in [1.54, 1.807) is 12.1 Å². The second-order valence-electron chi connectivity index (χ2n) is 4.39. The lowest BCUT2D eigenvalue weighted by Gasteiger charge is -2.22. The molecule has 0 radical (unpaired) electrons. The first-order valence-electron chi connectivity index (χ1n) is 6.80. The molecule has 0 aliphatic carbocycles. The molecule has 0 bridgehead atoms. The van der Waals surface area contributed by atoms with Crippen molar-refractivity contribution in [1.29, 1.82) is 0 Å². The first kappa shape index (κ1) is 17.0. The summed E-state index contributed by atoms with van der Waals surface area (Å²) in [5, 5.41) is 8.87. The molecule has 1 rings (SSSR count). The van der Waals surface area contributed by atoms with Gasteiger partial charge in [0.1, 0.15) is 5.75 Å². The van der Waals surface area contributed by atoms with E-state index in [1.165, 1.54) is 12.0 Å². The topological polar surface area (TPSA) is 76.1 Å². The van der Waals surface area contributed by atoms with E-state index in [4.69, 9.17) is 9.84 Å². The summed E-state index contributed by atoms with van der Waals surface area (Å²) in [6.45, 7) is 0.520. The number of hydrogen-bond acceptors (Lipinski definition) is 5. The van der Waals surface area contributed by atoms with Gasteiger partial charge in [-0.05, 0) is 18.6 Å². The molecule has 0 heterocycles. The van der Waals surface area contributed by atoms with Crippen LogP contribution in [-0.4, -0.2) is 55.3 Å². The Morgan fingerprint density at radius 2 is 1.90 bits per heavy atom. The summed E-state index contributed by atoms with van der Waals surface area (Å²) >= 11 is 0. The zero-order valence-electron chi connectivity index (χ0n) is 12.2. The van der Waals surface area contributed by atoms with Crippen molar-refractivity contribution < 1.29 is 24.2 Å². The van der Waals surface area contributed by atoms with Crippen molar-refractivity contribution in [1.82, 2.24) is 4.90 Å². The minimum Gasteiger partial charge on any atom is -0.484 e. The van der Waals surface area contributed by atoms with Gasteiger partial charge in [0.2, 0.25) is 0 Å². The monoisotopic (exact) mass is 295 g/mol. The van der Waals surface area contributed by atoms with E-state index < -0.39 is 0 Å². The van der Waals surface area contributed by atoms with Crippen molar-refractivity contribution in [2.75, 3.05) is 33.4 Å². The number of benzene rings is 1. The van der Waals surface area contributed by atoms with E-state index in [1.807, 2.05) is 18.2 Å². The smallest absolute Gasteiger partial charge is 0.307 e. The molecule has 0 spiro atoms.